The number of hydrogen-bond acceptors (Lipinski definition) is 7. The molecule has 2 rings (SSSR count). The van der Waals surface area contributed by atoms with Gasteiger partial charge in [-0.1, -0.05) is 0 Å². The number of H-pyrrole nitrogens is 2. The Hall–Kier alpha value is -2.58. The zero-order valence-electron chi connectivity index (χ0n) is 9.11. The molecule has 0 aliphatic carbocycles. The average Bonchev–Trinajstić information content (AvgIpc) is 2.25. The van der Waals surface area contributed by atoms with Crippen LogP contribution in [0.4, 0.5) is 5.95 Å². The summed E-state index contributed by atoms with van der Waals surface area (Å²) in [6.45, 7) is 3.57. The molecule has 0 aromatic carbocycles. The summed E-state index contributed by atoms with van der Waals surface area (Å²) in [7, 11) is 0. The predicted molar refractivity (Wildman–Crippen MR) is 61.0 cm³/mol. The van der Waals surface area contributed by atoms with Crippen LogP contribution in [-0.2, 0) is 0 Å². The van der Waals surface area contributed by atoms with E-state index < -0.39 is 11.2 Å². The van der Waals surface area contributed by atoms with Crippen LogP contribution >= 0.6 is 0 Å². The summed E-state index contributed by atoms with van der Waals surface area (Å²) in [6.07, 6.45) is 0. The van der Waals surface area contributed by atoms with E-state index in [0.29, 0.717) is 0 Å². The number of rotatable bonds is 2. The highest BCUT2D eigenvalue weighted by Gasteiger charge is 2.05. The molecule has 0 saturated heterocycles. The van der Waals surface area contributed by atoms with E-state index in [4.69, 9.17) is 0 Å². The van der Waals surface area contributed by atoms with Crippen molar-refractivity contribution in [2.24, 2.45) is 5.10 Å². The van der Waals surface area contributed by atoms with Crippen LogP contribution in [0.1, 0.15) is 13.8 Å². The molecule has 2 aromatic heterocycles. The van der Waals surface area contributed by atoms with Gasteiger partial charge in [-0.05, 0) is 13.8 Å². The first-order chi connectivity index (χ1) is 8.06. The van der Waals surface area contributed by atoms with Crippen molar-refractivity contribution in [3.63, 3.8) is 0 Å². The maximum Gasteiger partial charge on any atom is 0.327 e. The average molecular weight is 235 g/mol. The van der Waals surface area contributed by atoms with Crippen molar-refractivity contribution in [3.05, 3.63) is 20.8 Å². The summed E-state index contributed by atoms with van der Waals surface area (Å²) < 4.78 is 0. The minimum atomic E-state index is -0.649. The molecule has 0 unspecified atom stereocenters. The fourth-order valence-electron chi connectivity index (χ4n) is 1.08. The Balaban J connectivity index is 2.54. The van der Waals surface area contributed by atoms with E-state index in [9.17, 15) is 9.59 Å². The van der Waals surface area contributed by atoms with Crippen LogP contribution in [0, 0.1) is 0 Å². The van der Waals surface area contributed by atoms with Gasteiger partial charge >= 0.3 is 5.69 Å². The lowest BCUT2D eigenvalue weighted by Crippen LogP contribution is -2.23. The molecule has 17 heavy (non-hydrogen) atoms. The van der Waals surface area contributed by atoms with Crippen LogP contribution in [0.5, 0.6) is 0 Å². The lowest BCUT2D eigenvalue weighted by molar-refractivity contribution is 0.959. The first-order valence-corrected chi connectivity index (χ1v) is 4.70. The fraction of sp³-hybridized carbons (Fsp3) is 0.250. The molecule has 0 fully saturated rings. The Morgan fingerprint density at radius 1 is 1.24 bits per heavy atom. The number of anilines is 1. The summed E-state index contributed by atoms with van der Waals surface area (Å²) in [5.41, 5.74) is 2.05. The highest BCUT2D eigenvalue weighted by Crippen LogP contribution is 2.00. The maximum atomic E-state index is 11.3. The van der Waals surface area contributed by atoms with E-state index in [-0.39, 0.29) is 17.1 Å². The van der Waals surface area contributed by atoms with E-state index in [1.54, 1.807) is 13.8 Å². The molecule has 2 aromatic rings. The first kappa shape index (κ1) is 10.9. The van der Waals surface area contributed by atoms with Gasteiger partial charge in [0.2, 0.25) is 0 Å². The predicted octanol–water partition coefficient (Wildman–Crippen LogP) is -0.791. The molecule has 3 N–H and O–H groups in total. The summed E-state index contributed by atoms with van der Waals surface area (Å²) in [6, 6.07) is 0. The van der Waals surface area contributed by atoms with E-state index in [1.165, 1.54) is 0 Å². The van der Waals surface area contributed by atoms with E-state index in [2.05, 4.69) is 30.7 Å². The second kappa shape index (κ2) is 4.12. The molecule has 0 amide bonds. The Morgan fingerprint density at radius 3 is 2.71 bits per heavy atom. The van der Waals surface area contributed by atoms with Crippen molar-refractivity contribution >= 4 is 22.8 Å². The lowest BCUT2D eigenvalue weighted by atomic mass is 10.5. The van der Waals surface area contributed by atoms with Crippen LogP contribution < -0.4 is 16.7 Å². The van der Waals surface area contributed by atoms with Crippen LogP contribution in [0.3, 0.4) is 0 Å². The minimum Gasteiger partial charge on any atom is -0.290 e. The highest BCUT2D eigenvalue weighted by molar-refractivity contribution is 5.79. The van der Waals surface area contributed by atoms with Crippen molar-refractivity contribution in [2.75, 3.05) is 5.43 Å². The molecule has 88 valence electrons. The molecule has 0 bridgehead atoms. The second-order valence-corrected chi connectivity index (χ2v) is 3.41. The van der Waals surface area contributed by atoms with Gasteiger partial charge in [0.25, 0.3) is 11.5 Å². The zero-order valence-corrected chi connectivity index (χ0v) is 9.11. The molecule has 0 saturated carbocycles. The van der Waals surface area contributed by atoms with Crippen molar-refractivity contribution in [2.45, 2.75) is 13.8 Å². The summed E-state index contributed by atoms with van der Waals surface area (Å²) in [4.78, 5) is 30.6. The number of aromatic amines is 2. The largest absolute Gasteiger partial charge is 0.327 e. The third kappa shape index (κ3) is 2.33. The van der Waals surface area contributed by atoms with Crippen molar-refractivity contribution in [1.29, 1.82) is 0 Å². The SMILES string of the molecule is CC(C)=NNc1nnc2c(=O)[nH]c(=O)[nH]c2n1. The van der Waals surface area contributed by atoms with Gasteiger partial charge in [-0.2, -0.15) is 10.1 Å². The Morgan fingerprint density at radius 2 is 2.00 bits per heavy atom. The van der Waals surface area contributed by atoms with Gasteiger partial charge in [-0.25, -0.2) is 10.2 Å². The number of nitrogens with zero attached hydrogens (tertiary/aromatic N) is 4. The molecule has 0 spiro atoms. The van der Waals surface area contributed by atoms with Crippen molar-refractivity contribution in [1.82, 2.24) is 25.1 Å². The van der Waals surface area contributed by atoms with Crippen molar-refractivity contribution < 1.29 is 0 Å². The maximum absolute atomic E-state index is 11.3. The Kier molecular flexibility index (Phi) is 2.65. The topological polar surface area (TPSA) is 129 Å². The fourth-order valence-corrected chi connectivity index (χ4v) is 1.08. The number of nitrogens with one attached hydrogen (secondary N) is 3. The molecule has 2 heterocycles. The quantitative estimate of drug-likeness (QED) is 0.462. The molecule has 9 heteroatoms. The second-order valence-electron chi connectivity index (χ2n) is 3.41. The normalized spacial score (nSPS) is 10.2. The highest BCUT2D eigenvalue weighted by atomic mass is 16.2. The van der Waals surface area contributed by atoms with E-state index >= 15 is 0 Å². The zero-order chi connectivity index (χ0) is 12.4. The van der Waals surface area contributed by atoms with Crippen molar-refractivity contribution in [3.8, 4) is 0 Å². The van der Waals surface area contributed by atoms with E-state index in [0.717, 1.165) is 5.71 Å². The standard InChI is InChI=1S/C8H9N7O2/c1-3(2)12-14-7-9-5-4(13-15-7)6(16)11-8(17)10-5/h1-2H3,(H3,9,10,11,14,15,16,17). The lowest BCUT2D eigenvalue weighted by Gasteiger charge is -1.99. The molecule has 0 aliphatic heterocycles. The monoisotopic (exact) mass is 235 g/mol. The summed E-state index contributed by atoms with van der Waals surface area (Å²) >= 11 is 0. The molecule has 0 aliphatic rings. The first-order valence-electron chi connectivity index (χ1n) is 4.70. The third-order valence-corrected chi connectivity index (χ3v) is 1.74. The van der Waals surface area contributed by atoms with Crippen LogP contribution in [0.25, 0.3) is 11.2 Å². The number of hydrazone groups is 1. The third-order valence-electron chi connectivity index (χ3n) is 1.74. The summed E-state index contributed by atoms with van der Waals surface area (Å²) in [5.74, 6) is 0.0972. The van der Waals surface area contributed by atoms with Gasteiger partial charge in [0.1, 0.15) is 0 Å². The number of aromatic nitrogens is 5. The van der Waals surface area contributed by atoms with Gasteiger partial charge in [-0.3, -0.25) is 14.8 Å². The van der Waals surface area contributed by atoms with Gasteiger partial charge in [0.15, 0.2) is 11.2 Å². The molecule has 9 nitrogen and oxygen atoms in total. The Labute approximate surface area is 94.0 Å². The van der Waals surface area contributed by atoms with Gasteiger partial charge < -0.3 is 0 Å². The van der Waals surface area contributed by atoms with Gasteiger partial charge in [0, 0.05) is 5.71 Å². The molecule has 0 atom stereocenters. The van der Waals surface area contributed by atoms with Crippen LogP contribution in [-0.4, -0.2) is 30.9 Å². The molecular formula is C8H9N7O2. The van der Waals surface area contributed by atoms with E-state index in [1.807, 2.05) is 4.98 Å². The Bertz CT molecular complexity index is 695. The van der Waals surface area contributed by atoms with Crippen LogP contribution in [0.2, 0.25) is 0 Å². The molecular weight excluding hydrogens is 226 g/mol. The minimum absolute atomic E-state index is 0.0349. The molecule has 0 radical (unpaired) electrons. The van der Waals surface area contributed by atoms with Gasteiger partial charge in [-0.15, -0.1) is 10.2 Å². The number of fused-ring (bicyclic) bond motifs is 1. The smallest absolute Gasteiger partial charge is 0.290 e. The van der Waals surface area contributed by atoms with Crippen LogP contribution in [0.15, 0.2) is 14.7 Å². The van der Waals surface area contributed by atoms with Gasteiger partial charge in [0.05, 0.1) is 0 Å². The number of hydrogen-bond donors (Lipinski definition) is 3. The summed E-state index contributed by atoms with van der Waals surface area (Å²) in [5, 5.41) is 11.2.